The van der Waals surface area contributed by atoms with Crippen LogP contribution in [0.4, 0.5) is 24.5 Å². The smallest absolute Gasteiger partial charge is 0.382 e. The van der Waals surface area contributed by atoms with E-state index in [1.54, 1.807) is 0 Å². The third kappa shape index (κ3) is 3.02. The number of non-ortho nitro benzene ring substituents is 1. The minimum absolute atomic E-state index is 0.0162. The van der Waals surface area contributed by atoms with Crippen LogP contribution in [0.15, 0.2) is 18.2 Å². The summed E-state index contributed by atoms with van der Waals surface area (Å²) >= 11 is 0. The molecule has 0 spiro atoms. The van der Waals surface area contributed by atoms with Crippen LogP contribution in [-0.4, -0.2) is 11.0 Å². The molecule has 1 fully saturated rings. The van der Waals surface area contributed by atoms with E-state index in [1.165, 1.54) is 0 Å². The molecular weight excluding hydrogens is 273 g/mol. The first-order chi connectivity index (χ1) is 9.29. The van der Waals surface area contributed by atoms with Crippen LogP contribution in [0.2, 0.25) is 0 Å². The number of alkyl halides is 3. The van der Waals surface area contributed by atoms with Gasteiger partial charge in [0.2, 0.25) is 0 Å². The second-order valence-electron chi connectivity index (χ2n) is 5.14. The predicted molar refractivity (Wildman–Crippen MR) is 68.5 cm³/mol. The highest BCUT2D eigenvalue weighted by Gasteiger charge is 2.36. The van der Waals surface area contributed by atoms with E-state index in [1.807, 2.05) is 6.92 Å². The molecule has 2 unspecified atom stereocenters. The lowest BCUT2D eigenvalue weighted by Gasteiger charge is -2.21. The van der Waals surface area contributed by atoms with Crippen molar-refractivity contribution in [3.63, 3.8) is 0 Å². The molecule has 0 bridgehead atoms. The number of hydrogen-bond donors (Lipinski definition) is 1. The monoisotopic (exact) mass is 288 g/mol. The van der Waals surface area contributed by atoms with Crippen LogP contribution in [0.25, 0.3) is 0 Å². The van der Waals surface area contributed by atoms with Crippen LogP contribution < -0.4 is 5.32 Å². The summed E-state index contributed by atoms with van der Waals surface area (Å²) in [5.74, 6) is 0.297. The first-order valence-corrected chi connectivity index (χ1v) is 6.41. The highest BCUT2D eigenvalue weighted by atomic mass is 19.4. The van der Waals surface area contributed by atoms with Crippen molar-refractivity contribution in [2.75, 3.05) is 5.32 Å². The van der Waals surface area contributed by atoms with Gasteiger partial charge in [0.1, 0.15) is 0 Å². The Morgan fingerprint density at radius 1 is 1.35 bits per heavy atom. The summed E-state index contributed by atoms with van der Waals surface area (Å²) in [5.41, 5.74) is -1.62. The molecule has 1 aromatic rings. The number of halogens is 3. The second-order valence-corrected chi connectivity index (χ2v) is 5.14. The van der Waals surface area contributed by atoms with E-state index in [4.69, 9.17) is 0 Å². The minimum Gasteiger partial charge on any atom is -0.382 e. The normalized spacial score (nSPS) is 22.8. The van der Waals surface area contributed by atoms with Crippen molar-refractivity contribution in [2.45, 2.75) is 38.4 Å². The van der Waals surface area contributed by atoms with Gasteiger partial charge >= 0.3 is 6.18 Å². The molecule has 1 aliphatic rings. The molecule has 7 heteroatoms. The lowest BCUT2D eigenvalue weighted by Crippen LogP contribution is -2.24. The molecule has 1 saturated carbocycles. The van der Waals surface area contributed by atoms with Crippen LogP contribution >= 0.6 is 0 Å². The quantitative estimate of drug-likeness (QED) is 0.669. The van der Waals surface area contributed by atoms with Crippen LogP contribution in [0.1, 0.15) is 31.7 Å². The van der Waals surface area contributed by atoms with Crippen LogP contribution in [0, 0.1) is 16.0 Å². The third-order valence-electron chi connectivity index (χ3n) is 3.72. The Bertz CT molecular complexity index is 517. The summed E-state index contributed by atoms with van der Waals surface area (Å²) in [6, 6.07) is 2.81. The molecule has 4 nitrogen and oxygen atoms in total. The maximum absolute atomic E-state index is 13.0. The van der Waals surface area contributed by atoms with Crippen LogP contribution in [0.5, 0.6) is 0 Å². The topological polar surface area (TPSA) is 55.2 Å². The molecule has 2 atom stereocenters. The first-order valence-electron chi connectivity index (χ1n) is 6.41. The SMILES string of the molecule is CC1CCCC1Nc1ccc([N+](=O)[O-])cc1C(F)(F)F. The van der Waals surface area contributed by atoms with Gasteiger partial charge < -0.3 is 5.32 Å². The fourth-order valence-electron chi connectivity index (χ4n) is 2.57. The number of nitro benzene ring substituents is 1. The van der Waals surface area contributed by atoms with Crippen molar-refractivity contribution in [1.82, 2.24) is 0 Å². The molecule has 0 saturated heterocycles. The number of nitrogens with zero attached hydrogens (tertiary/aromatic N) is 1. The number of hydrogen-bond acceptors (Lipinski definition) is 3. The fourth-order valence-corrected chi connectivity index (χ4v) is 2.57. The molecule has 0 aromatic heterocycles. The fraction of sp³-hybridized carbons (Fsp3) is 0.538. The maximum atomic E-state index is 13.0. The van der Waals surface area contributed by atoms with Gasteiger partial charge in [0.25, 0.3) is 5.69 Å². The Hall–Kier alpha value is -1.79. The molecule has 2 rings (SSSR count). The van der Waals surface area contributed by atoms with E-state index in [0.717, 1.165) is 31.4 Å². The zero-order valence-electron chi connectivity index (χ0n) is 10.9. The summed E-state index contributed by atoms with van der Waals surface area (Å²) < 4.78 is 39.0. The van der Waals surface area contributed by atoms with Gasteiger partial charge in [0.05, 0.1) is 10.5 Å². The van der Waals surface area contributed by atoms with Gasteiger partial charge in [-0.2, -0.15) is 13.2 Å². The van der Waals surface area contributed by atoms with Crippen LogP contribution in [-0.2, 0) is 6.18 Å². The van der Waals surface area contributed by atoms with Gasteiger partial charge in [-0.25, -0.2) is 0 Å². The third-order valence-corrected chi connectivity index (χ3v) is 3.72. The van der Waals surface area contributed by atoms with Gasteiger partial charge in [-0.1, -0.05) is 13.3 Å². The molecule has 0 amide bonds. The van der Waals surface area contributed by atoms with E-state index < -0.39 is 22.4 Å². The molecule has 20 heavy (non-hydrogen) atoms. The lowest BCUT2D eigenvalue weighted by atomic mass is 10.0. The van der Waals surface area contributed by atoms with Crippen molar-refractivity contribution in [3.05, 3.63) is 33.9 Å². The number of rotatable bonds is 3. The average molecular weight is 288 g/mol. The molecule has 1 aliphatic carbocycles. The van der Waals surface area contributed by atoms with Crippen molar-refractivity contribution in [3.8, 4) is 0 Å². The maximum Gasteiger partial charge on any atom is 0.418 e. The summed E-state index contributed by atoms with van der Waals surface area (Å²) in [4.78, 5) is 9.78. The van der Waals surface area contributed by atoms with Crippen molar-refractivity contribution < 1.29 is 18.1 Å². The van der Waals surface area contributed by atoms with E-state index in [-0.39, 0.29) is 11.7 Å². The zero-order valence-corrected chi connectivity index (χ0v) is 10.9. The highest BCUT2D eigenvalue weighted by molar-refractivity contribution is 5.58. The van der Waals surface area contributed by atoms with E-state index in [9.17, 15) is 23.3 Å². The highest BCUT2D eigenvalue weighted by Crippen LogP contribution is 2.38. The summed E-state index contributed by atoms with van der Waals surface area (Å²) in [6.07, 6.45) is -1.84. The van der Waals surface area contributed by atoms with E-state index in [2.05, 4.69) is 5.32 Å². The Morgan fingerprint density at radius 2 is 2.05 bits per heavy atom. The first kappa shape index (κ1) is 14.6. The standard InChI is InChI=1S/C13H15F3N2O2/c1-8-3-2-4-11(8)17-12-6-5-9(18(19)20)7-10(12)13(14,15)16/h5-8,11,17H,2-4H2,1H3. The van der Waals surface area contributed by atoms with E-state index >= 15 is 0 Å². The van der Waals surface area contributed by atoms with Crippen molar-refractivity contribution in [1.29, 1.82) is 0 Å². The summed E-state index contributed by atoms with van der Waals surface area (Å²) in [7, 11) is 0. The Balaban J connectivity index is 2.34. The second kappa shape index (κ2) is 5.30. The average Bonchev–Trinajstić information content (AvgIpc) is 2.74. The van der Waals surface area contributed by atoms with Gasteiger partial charge in [-0.05, 0) is 24.8 Å². The number of anilines is 1. The Morgan fingerprint density at radius 3 is 2.55 bits per heavy atom. The number of nitrogens with one attached hydrogen (secondary N) is 1. The predicted octanol–water partition coefficient (Wildman–Crippen LogP) is 4.21. The molecule has 110 valence electrons. The van der Waals surface area contributed by atoms with Gasteiger partial charge in [0, 0.05) is 23.9 Å². The van der Waals surface area contributed by atoms with Crippen LogP contribution in [0.3, 0.4) is 0 Å². The largest absolute Gasteiger partial charge is 0.418 e. The molecule has 1 N–H and O–H groups in total. The van der Waals surface area contributed by atoms with Gasteiger partial charge in [-0.15, -0.1) is 0 Å². The molecular formula is C13H15F3N2O2. The van der Waals surface area contributed by atoms with E-state index in [0.29, 0.717) is 12.0 Å². The zero-order chi connectivity index (χ0) is 14.9. The number of nitro groups is 1. The molecule has 1 aromatic carbocycles. The minimum atomic E-state index is -4.61. The molecule has 0 radical (unpaired) electrons. The van der Waals surface area contributed by atoms with Crippen molar-refractivity contribution >= 4 is 11.4 Å². The lowest BCUT2D eigenvalue weighted by molar-refractivity contribution is -0.385. The Labute approximate surface area is 114 Å². The van der Waals surface area contributed by atoms with Gasteiger partial charge in [-0.3, -0.25) is 10.1 Å². The summed E-state index contributed by atoms with van der Waals surface area (Å²) in [5, 5.41) is 13.5. The Kier molecular flexibility index (Phi) is 3.87. The van der Waals surface area contributed by atoms with Gasteiger partial charge in [0.15, 0.2) is 0 Å². The summed E-state index contributed by atoms with van der Waals surface area (Å²) in [6.45, 7) is 1.99. The van der Waals surface area contributed by atoms with Crippen molar-refractivity contribution in [2.24, 2.45) is 5.92 Å². The molecule has 0 heterocycles. The number of benzene rings is 1. The molecule has 0 aliphatic heterocycles.